The topological polar surface area (TPSA) is 51.2 Å². The number of carbonyl (C=O) groups is 1. The predicted octanol–water partition coefficient (Wildman–Crippen LogP) is 3.20. The van der Waals surface area contributed by atoms with Crippen molar-refractivity contribution in [3.8, 4) is 11.5 Å². The summed E-state index contributed by atoms with van der Waals surface area (Å²) in [6.07, 6.45) is 0. The fourth-order valence-electron chi connectivity index (χ4n) is 3.35. The zero-order valence-corrected chi connectivity index (χ0v) is 16.8. The lowest BCUT2D eigenvalue weighted by atomic mass is 10.1. The predicted molar refractivity (Wildman–Crippen MR) is 109 cm³/mol. The van der Waals surface area contributed by atoms with E-state index < -0.39 is 0 Å². The highest BCUT2D eigenvalue weighted by molar-refractivity contribution is 5.94. The van der Waals surface area contributed by atoms with Crippen LogP contribution in [0.2, 0.25) is 0 Å². The van der Waals surface area contributed by atoms with Gasteiger partial charge in [0.1, 0.15) is 0 Å². The molecule has 0 bridgehead atoms. The van der Waals surface area contributed by atoms with Crippen LogP contribution in [0.3, 0.4) is 0 Å². The average molecular weight is 384 g/mol. The third-order valence-corrected chi connectivity index (χ3v) is 4.98. The monoisotopic (exact) mass is 384 g/mol. The van der Waals surface area contributed by atoms with E-state index in [1.165, 1.54) is 0 Å². The minimum absolute atomic E-state index is 0.0193. The van der Waals surface area contributed by atoms with E-state index in [4.69, 9.17) is 14.2 Å². The lowest BCUT2D eigenvalue weighted by Crippen LogP contribution is -2.36. The van der Waals surface area contributed by atoms with E-state index in [-0.39, 0.29) is 5.91 Å². The highest BCUT2D eigenvalue weighted by atomic mass is 16.5. The molecule has 2 aromatic carbocycles. The molecule has 150 valence electrons. The lowest BCUT2D eigenvalue weighted by molar-refractivity contribution is 0.0752. The van der Waals surface area contributed by atoms with Crippen LogP contribution >= 0.6 is 0 Å². The molecule has 1 amide bonds. The van der Waals surface area contributed by atoms with Gasteiger partial charge < -0.3 is 24.0 Å². The van der Waals surface area contributed by atoms with Crippen molar-refractivity contribution in [2.75, 3.05) is 52.0 Å². The van der Waals surface area contributed by atoms with Crippen molar-refractivity contribution >= 4 is 11.6 Å². The molecule has 3 rings (SSSR count). The third-order valence-electron chi connectivity index (χ3n) is 4.98. The van der Waals surface area contributed by atoms with E-state index in [2.05, 4.69) is 4.90 Å². The summed E-state index contributed by atoms with van der Waals surface area (Å²) in [5.74, 6) is 1.36. The molecular weight excluding hydrogens is 356 g/mol. The summed E-state index contributed by atoms with van der Waals surface area (Å²) in [4.78, 5) is 17.1. The van der Waals surface area contributed by atoms with E-state index in [1.807, 2.05) is 54.3 Å². The number of benzene rings is 2. The van der Waals surface area contributed by atoms with Crippen molar-refractivity contribution < 1.29 is 19.0 Å². The summed E-state index contributed by atoms with van der Waals surface area (Å²) in [5.41, 5.74) is 2.82. The van der Waals surface area contributed by atoms with Crippen LogP contribution in [-0.2, 0) is 11.3 Å². The maximum atomic E-state index is 13.0. The Kier molecular flexibility index (Phi) is 6.76. The molecule has 1 aliphatic heterocycles. The second-order valence-electron chi connectivity index (χ2n) is 6.65. The van der Waals surface area contributed by atoms with Gasteiger partial charge in [-0.25, -0.2) is 0 Å². The van der Waals surface area contributed by atoms with Crippen LogP contribution in [0.1, 0.15) is 22.8 Å². The number of methoxy groups -OCH3 is 2. The minimum Gasteiger partial charge on any atom is -0.493 e. The van der Waals surface area contributed by atoms with Gasteiger partial charge in [-0.1, -0.05) is 6.07 Å². The van der Waals surface area contributed by atoms with Crippen LogP contribution in [-0.4, -0.2) is 57.9 Å². The molecule has 0 unspecified atom stereocenters. The van der Waals surface area contributed by atoms with Gasteiger partial charge in [0.05, 0.1) is 27.4 Å². The summed E-state index contributed by atoms with van der Waals surface area (Å²) < 4.78 is 16.0. The molecule has 1 saturated heterocycles. The molecule has 0 aromatic heterocycles. The van der Waals surface area contributed by atoms with Crippen molar-refractivity contribution in [1.29, 1.82) is 0 Å². The highest BCUT2D eigenvalue weighted by Gasteiger charge is 2.17. The molecule has 0 N–H and O–H groups in total. The molecule has 0 atom stereocenters. The number of anilines is 1. The molecule has 0 saturated carbocycles. The van der Waals surface area contributed by atoms with Crippen molar-refractivity contribution in [3.05, 3.63) is 53.6 Å². The Labute approximate surface area is 166 Å². The van der Waals surface area contributed by atoms with Crippen LogP contribution in [0.4, 0.5) is 5.69 Å². The minimum atomic E-state index is 0.0193. The molecular formula is C22H28N2O4. The Morgan fingerprint density at radius 2 is 1.71 bits per heavy atom. The molecule has 6 heteroatoms. The average Bonchev–Trinajstić information content (AvgIpc) is 2.77. The Morgan fingerprint density at radius 1 is 1.04 bits per heavy atom. The Hall–Kier alpha value is -2.73. The summed E-state index contributed by atoms with van der Waals surface area (Å²) in [7, 11) is 3.22. The molecule has 1 heterocycles. The molecule has 2 aromatic rings. The number of hydrogen-bond acceptors (Lipinski definition) is 5. The maximum Gasteiger partial charge on any atom is 0.254 e. The molecule has 6 nitrogen and oxygen atoms in total. The van der Waals surface area contributed by atoms with Crippen LogP contribution < -0.4 is 14.4 Å². The van der Waals surface area contributed by atoms with Crippen LogP contribution in [0.25, 0.3) is 0 Å². The quantitative estimate of drug-likeness (QED) is 0.734. The van der Waals surface area contributed by atoms with Crippen molar-refractivity contribution in [2.24, 2.45) is 0 Å². The summed E-state index contributed by atoms with van der Waals surface area (Å²) in [6.45, 7) is 6.38. The number of ether oxygens (including phenoxy) is 3. The number of rotatable bonds is 7. The SMILES string of the molecule is CCN(Cc1ccc(OC)c(OC)c1)C(=O)c1ccc(N2CCOCC2)cc1. The van der Waals surface area contributed by atoms with E-state index in [0.29, 0.717) is 30.2 Å². The second-order valence-corrected chi connectivity index (χ2v) is 6.65. The summed E-state index contributed by atoms with van der Waals surface area (Å²) in [5, 5.41) is 0. The standard InChI is InChI=1S/C22H28N2O4/c1-4-23(16-17-5-10-20(26-2)21(15-17)27-3)22(25)18-6-8-19(9-7-18)24-11-13-28-14-12-24/h5-10,15H,4,11-14,16H2,1-3H3. The largest absolute Gasteiger partial charge is 0.493 e. The van der Waals surface area contributed by atoms with Gasteiger partial charge in [-0.15, -0.1) is 0 Å². The van der Waals surface area contributed by atoms with Gasteiger partial charge in [0, 0.05) is 37.4 Å². The zero-order chi connectivity index (χ0) is 19.9. The molecule has 0 aliphatic carbocycles. The number of morpholine rings is 1. The van der Waals surface area contributed by atoms with Gasteiger partial charge in [0.15, 0.2) is 11.5 Å². The van der Waals surface area contributed by atoms with Gasteiger partial charge in [-0.05, 0) is 48.9 Å². The second kappa shape index (κ2) is 9.46. The fraction of sp³-hybridized carbons (Fsp3) is 0.409. The molecule has 28 heavy (non-hydrogen) atoms. The number of nitrogens with zero attached hydrogens (tertiary/aromatic N) is 2. The fourth-order valence-corrected chi connectivity index (χ4v) is 3.35. The van der Waals surface area contributed by atoms with E-state index >= 15 is 0 Å². The first-order valence-corrected chi connectivity index (χ1v) is 9.59. The summed E-state index contributed by atoms with van der Waals surface area (Å²) in [6, 6.07) is 13.6. The van der Waals surface area contributed by atoms with Crippen LogP contribution in [0.15, 0.2) is 42.5 Å². The van der Waals surface area contributed by atoms with Gasteiger partial charge in [0.2, 0.25) is 0 Å². The third kappa shape index (κ3) is 4.57. The number of amides is 1. The van der Waals surface area contributed by atoms with E-state index in [0.717, 1.165) is 37.6 Å². The van der Waals surface area contributed by atoms with E-state index in [9.17, 15) is 4.79 Å². The molecule has 1 fully saturated rings. The normalized spacial score (nSPS) is 13.9. The summed E-state index contributed by atoms with van der Waals surface area (Å²) >= 11 is 0. The van der Waals surface area contributed by atoms with E-state index in [1.54, 1.807) is 14.2 Å². The molecule has 0 spiro atoms. The van der Waals surface area contributed by atoms with Gasteiger partial charge in [0.25, 0.3) is 5.91 Å². The Balaban J connectivity index is 1.70. The first-order chi connectivity index (χ1) is 13.7. The van der Waals surface area contributed by atoms with Gasteiger partial charge in [-0.3, -0.25) is 4.79 Å². The van der Waals surface area contributed by atoms with Crippen LogP contribution in [0, 0.1) is 0 Å². The molecule has 1 aliphatic rings. The lowest BCUT2D eigenvalue weighted by Gasteiger charge is -2.29. The maximum absolute atomic E-state index is 13.0. The van der Waals surface area contributed by atoms with Crippen molar-refractivity contribution in [2.45, 2.75) is 13.5 Å². The Morgan fingerprint density at radius 3 is 2.32 bits per heavy atom. The number of carbonyl (C=O) groups excluding carboxylic acids is 1. The molecule has 0 radical (unpaired) electrons. The number of hydrogen-bond donors (Lipinski definition) is 0. The van der Waals surface area contributed by atoms with Crippen molar-refractivity contribution in [1.82, 2.24) is 4.90 Å². The highest BCUT2D eigenvalue weighted by Crippen LogP contribution is 2.28. The smallest absolute Gasteiger partial charge is 0.254 e. The zero-order valence-electron chi connectivity index (χ0n) is 16.8. The first-order valence-electron chi connectivity index (χ1n) is 9.59. The first kappa shape index (κ1) is 20.0. The van der Waals surface area contributed by atoms with Crippen molar-refractivity contribution in [3.63, 3.8) is 0 Å². The van der Waals surface area contributed by atoms with Gasteiger partial charge in [-0.2, -0.15) is 0 Å². The van der Waals surface area contributed by atoms with Crippen LogP contribution in [0.5, 0.6) is 11.5 Å². The van der Waals surface area contributed by atoms with Gasteiger partial charge >= 0.3 is 0 Å². The Bertz CT molecular complexity index is 786.